The van der Waals surface area contributed by atoms with E-state index in [9.17, 15) is 13.6 Å². The lowest BCUT2D eigenvalue weighted by Gasteiger charge is -2.33. The SMILES string of the molecule is COC(c1ccccc1)c1nc2cc(F)c(F)cc2n1C(C(=O)NC1CCCC1)C1CCCCC1. The summed E-state index contributed by atoms with van der Waals surface area (Å²) in [6, 6.07) is 11.5. The lowest BCUT2D eigenvalue weighted by molar-refractivity contribution is -0.127. The van der Waals surface area contributed by atoms with E-state index in [1.54, 1.807) is 7.11 Å². The second kappa shape index (κ2) is 10.4. The van der Waals surface area contributed by atoms with Crippen molar-refractivity contribution in [2.75, 3.05) is 7.11 Å². The number of fused-ring (bicyclic) bond motifs is 1. The van der Waals surface area contributed by atoms with Crippen molar-refractivity contribution in [2.24, 2.45) is 5.92 Å². The highest BCUT2D eigenvalue weighted by Crippen LogP contribution is 2.39. The Balaban J connectivity index is 1.68. The molecule has 2 aromatic carbocycles. The van der Waals surface area contributed by atoms with Gasteiger partial charge in [-0.3, -0.25) is 4.79 Å². The van der Waals surface area contributed by atoms with Gasteiger partial charge in [0.1, 0.15) is 18.0 Å². The van der Waals surface area contributed by atoms with Gasteiger partial charge in [-0.1, -0.05) is 62.4 Å². The van der Waals surface area contributed by atoms with Crippen LogP contribution in [0, 0.1) is 17.6 Å². The van der Waals surface area contributed by atoms with Crippen LogP contribution >= 0.6 is 0 Å². The highest BCUT2D eigenvalue weighted by atomic mass is 19.2. The molecule has 7 heteroatoms. The van der Waals surface area contributed by atoms with Gasteiger partial charge in [0.05, 0.1) is 11.0 Å². The van der Waals surface area contributed by atoms with Crippen LogP contribution in [0.15, 0.2) is 42.5 Å². The molecule has 0 spiro atoms. The molecule has 0 radical (unpaired) electrons. The summed E-state index contributed by atoms with van der Waals surface area (Å²) in [6.07, 6.45) is 8.67. The molecule has 2 saturated carbocycles. The number of rotatable bonds is 7. The minimum absolute atomic E-state index is 0.0583. The number of methoxy groups -OCH3 is 1. The van der Waals surface area contributed by atoms with E-state index >= 15 is 0 Å². The van der Waals surface area contributed by atoms with Crippen LogP contribution < -0.4 is 5.32 Å². The topological polar surface area (TPSA) is 56.2 Å². The van der Waals surface area contributed by atoms with E-state index in [1.165, 1.54) is 6.07 Å². The Bertz CT molecular complexity index is 1170. The summed E-state index contributed by atoms with van der Waals surface area (Å²) < 4.78 is 36.5. The molecule has 186 valence electrons. The minimum Gasteiger partial charge on any atom is -0.369 e. The molecule has 1 heterocycles. The van der Waals surface area contributed by atoms with Crippen molar-refractivity contribution in [3.8, 4) is 0 Å². The number of nitrogens with zero attached hydrogens (tertiary/aromatic N) is 2. The van der Waals surface area contributed by atoms with Gasteiger partial charge in [-0.15, -0.1) is 0 Å². The van der Waals surface area contributed by atoms with E-state index in [0.717, 1.165) is 69.4 Å². The maximum atomic E-state index is 14.5. The van der Waals surface area contributed by atoms with Crippen LogP contribution in [-0.2, 0) is 9.53 Å². The Labute approximate surface area is 204 Å². The van der Waals surface area contributed by atoms with E-state index in [-0.39, 0.29) is 17.9 Å². The summed E-state index contributed by atoms with van der Waals surface area (Å²) in [4.78, 5) is 18.7. The zero-order valence-electron chi connectivity index (χ0n) is 20.2. The number of carbonyl (C=O) groups excluding carboxylic acids is 1. The molecule has 35 heavy (non-hydrogen) atoms. The molecule has 2 atom stereocenters. The predicted octanol–water partition coefficient (Wildman–Crippen LogP) is 6.23. The van der Waals surface area contributed by atoms with Gasteiger partial charge < -0.3 is 14.6 Å². The molecule has 2 aliphatic carbocycles. The first-order valence-electron chi connectivity index (χ1n) is 12.8. The molecule has 1 amide bonds. The molecule has 2 fully saturated rings. The van der Waals surface area contributed by atoms with Crippen LogP contribution in [0.5, 0.6) is 0 Å². The van der Waals surface area contributed by atoms with Gasteiger partial charge >= 0.3 is 0 Å². The predicted molar refractivity (Wildman–Crippen MR) is 131 cm³/mol. The van der Waals surface area contributed by atoms with Crippen molar-refractivity contribution >= 4 is 16.9 Å². The Morgan fingerprint density at radius 2 is 1.66 bits per heavy atom. The van der Waals surface area contributed by atoms with Gasteiger partial charge in [0.25, 0.3) is 0 Å². The Morgan fingerprint density at radius 3 is 2.34 bits per heavy atom. The molecule has 1 aromatic heterocycles. The lowest BCUT2D eigenvalue weighted by Crippen LogP contribution is -2.42. The molecular formula is C28H33F2N3O2. The molecular weight excluding hydrogens is 448 g/mol. The van der Waals surface area contributed by atoms with Crippen molar-refractivity contribution in [1.29, 1.82) is 0 Å². The molecule has 2 aliphatic rings. The van der Waals surface area contributed by atoms with Gasteiger partial charge in [0.2, 0.25) is 5.91 Å². The van der Waals surface area contributed by atoms with E-state index in [4.69, 9.17) is 9.72 Å². The number of aromatic nitrogens is 2. The number of imidazole rings is 1. The summed E-state index contributed by atoms with van der Waals surface area (Å²) in [5.74, 6) is -1.37. The number of hydrogen-bond acceptors (Lipinski definition) is 3. The Kier molecular flexibility index (Phi) is 7.14. The molecule has 0 aliphatic heterocycles. The fraction of sp³-hybridized carbons (Fsp3) is 0.500. The third-order valence-electron chi connectivity index (χ3n) is 7.68. The average molecular weight is 482 g/mol. The first kappa shape index (κ1) is 23.9. The molecule has 1 N–H and O–H groups in total. The maximum absolute atomic E-state index is 14.5. The van der Waals surface area contributed by atoms with Crippen molar-refractivity contribution in [3.63, 3.8) is 0 Å². The summed E-state index contributed by atoms with van der Waals surface area (Å²) in [7, 11) is 1.59. The Morgan fingerprint density at radius 1 is 1.00 bits per heavy atom. The monoisotopic (exact) mass is 481 g/mol. The number of benzene rings is 2. The van der Waals surface area contributed by atoms with Crippen LogP contribution in [0.2, 0.25) is 0 Å². The largest absolute Gasteiger partial charge is 0.369 e. The summed E-state index contributed by atoms with van der Waals surface area (Å²) in [6.45, 7) is 0. The molecule has 3 aromatic rings. The van der Waals surface area contributed by atoms with Gasteiger partial charge in [0, 0.05) is 25.3 Å². The first-order chi connectivity index (χ1) is 17.1. The average Bonchev–Trinajstić information content (AvgIpc) is 3.50. The summed E-state index contributed by atoms with van der Waals surface area (Å²) in [5, 5.41) is 3.28. The van der Waals surface area contributed by atoms with Crippen LogP contribution in [0.3, 0.4) is 0 Å². The molecule has 2 unspecified atom stereocenters. The molecule has 5 nitrogen and oxygen atoms in total. The minimum atomic E-state index is -0.952. The van der Waals surface area contributed by atoms with Gasteiger partial charge in [-0.2, -0.15) is 0 Å². The third kappa shape index (κ3) is 4.83. The van der Waals surface area contributed by atoms with Gasteiger partial charge in [-0.05, 0) is 37.2 Å². The van der Waals surface area contributed by atoms with Crippen molar-refractivity contribution in [2.45, 2.75) is 76.0 Å². The second-order valence-electron chi connectivity index (χ2n) is 9.95. The van der Waals surface area contributed by atoms with Crippen LogP contribution in [0.25, 0.3) is 11.0 Å². The van der Waals surface area contributed by atoms with E-state index in [1.807, 2.05) is 34.9 Å². The maximum Gasteiger partial charge on any atom is 0.243 e. The molecule has 0 saturated heterocycles. The lowest BCUT2D eigenvalue weighted by atomic mass is 9.83. The molecule has 0 bridgehead atoms. The normalized spacial score (nSPS) is 19.2. The van der Waals surface area contributed by atoms with E-state index in [2.05, 4.69) is 5.32 Å². The smallest absolute Gasteiger partial charge is 0.243 e. The number of carbonyl (C=O) groups is 1. The number of halogens is 2. The van der Waals surface area contributed by atoms with Crippen LogP contribution in [0.4, 0.5) is 8.78 Å². The number of nitrogens with one attached hydrogen (secondary N) is 1. The van der Waals surface area contributed by atoms with Crippen LogP contribution in [0.1, 0.15) is 81.3 Å². The van der Waals surface area contributed by atoms with Crippen molar-refractivity contribution in [1.82, 2.24) is 14.9 Å². The van der Waals surface area contributed by atoms with Gasteiger partial charge in [0.15, 0.2) is 11.6 Å². The summed E-state index contributed by atoms with van der Waals surface area (Å²) >= 11 is 0. The standard InChI is InChI=1S/C28H33F2N3O2/c1-35-26(19-12-6-3-7-13-19)27-32-23-16-21(29)22(30)17-24(23)33(27)25(18-10-4-2-5-11-18)28(34)31-20-14-8-9-15-20/h3,6-7,12-13,16-18,20,25-26H,2,4-5,8-11,14-15H2,1H3,(H,31,34). The van der Waals surface area contributed by atoms with Gasteiger partial charge in [-0.25, -0.2) is 13.8 Å². The zero-order chi connectivity index (χ0) is 24.4. The fourth-order valence-corrected chi connectivity index (χ4v) is 5.95. The van der Waals surface area contributed by atoms with Crippen LogP contribution in [-0.4, -0.2) is 28.6 Å². The number of amides is 1. The summed E-state index contributed by atoms with van der Waals surface area (Å²) in [5.41, 5.74) is 1.62. The van der Waals surface area contributed by atoms with Crippen molar-refractivity contribution in [3.05, 3.63) is 65.5 Å². The molecule has 5 rings (SSSR count). The van der Waals surface area contributed by atoms with E-state index in [0.29, 0.717) is 16.9 Å². The highest BCUT2D eigenvalue weighted by molar-refractivity contribution is 5.85. The number of ether oxygens (including phenoxy) is 1. The van der Waals surface area contributed by atoms with Crippen molar-refractivity contribution < 1.29 is 18.3 Å². The third-order valence-corrected chi connectivity index (χ3v) is 7.68. The number of hydrogen-bond donors (Lipinski definition) is 1. The quantitative estimate of drug-likeness (QED) is 0.435. The zero-order valence-corrected chi connectivity index (χ0v) is 20.2. The second-order valence-corrected chi connectivity index (χ2v) is 9.95. The first-order valence-corrected chi connectivity index (χ1v) is 12.8. The Hall–Kier alpha value is -2.80. The van der Waals surface area contributed by atoms with E-state index < -0.39 is 23.8 Å². The highest BCUT2D eigenvalue weighted by Gasteiger charge is 2.37. The fourth-order valence-electron chi connectivity index (χ4n) is 5.95.